The average molecular weight is 160 g/mol. The largest absolute Gasteiger partial charge is 0.390 e. The van der Waals surface area contributed by atoms with Crippen LogP contribution in [0.15, 0.2) is 0 Å². The van der Waals surface area contributed by atoms with Gasteiger partial charge in [0.25, 0.3) is 0 Å². The minimum atomic E-state index is -0.546. The summed E-state index contributed by atoms with van der Waals surface area (Å²) in [7, 11) is 0. The first-order chi connectivity index (χ1) is 5.06. The molecule has 3 heteroatoms. The lowest BCUT2D eigenvalue weighted by atomic mass is 10.1. The molecule has 0 aliphatic rings. The predicted octanol–water partition coefficient (Wildman–Crippen LogP) is 0.0858. The molecule has 0 aliphatic carbocycles. The third-order valence-corrected chi connectivity index (χ3v) is 1.47. The Kier molecular flexibility index (Phi) is 5.46. The highest BCUT2D eigenvalue weighted by Crippen LogP contribution is 2.04. The number of nitrogens with two attached hydrogens (primary N) is 1. The zero-order valence-electron chi connectivity index (χ0n) is 7.56. The number of aliphatic hydroxyl groups is 1. The van der Waals surface area contributed by atoms with Crippen LogP contribution in [-0.2, 0) is 0 Å². The van der Waals surface area contributed by atoms with E-state index in [2.05, 4.69) is 5.32 Å². The van der Waals surface area contributed by atoms with Crippen LogP contribution in [0.3, 0.4) is 0 Å². The van der Waals surface area contributed by atoms with E-state index in [1.807, 2.05) is 13.8 Å². The molecule has 0 rings (SSSR count). The molecule has 0 aromatic rings. The highest BCUT2D eigenvalue weighted by Gasteiger charge is 2.10. The molecule has 11 heavy (non-hydrogen) atoms. The number of hydrogen-bond donors (Lipinski definition) is 3. The van der Waals surface area contributed by atoms with Crippen molar-refractivity contribution in [1.29, 1.82) is 0 Å². The molecular formula is C8H20N2O. The predicted molar refractivity (Wildman–Crippen MR) is 47.5 cm³/mol. The van der Waals surface area contributed by atoms with E-state index in [0.29, 0.717) is 0 Å². The standard InChI is InChI=1S/C8H20N2O/c1-8(2,11)4-7-10-6-3-5-9/h10-11H,3-7,9H2,1-2H3. The van der Waals surface area contributed by atoms with Gasteiger partial charge in [0.1, 0.15) is 0 Å². The van der Waals surface area contributed by atoms with Gasteiger partial charge in [-0.05, 0) is 46.3 Å². The van der Waals surface area contributed by atoms with Crippen LogP contribution in [0.1, 0.15) is 26.7 Å². The summed E-state index contributed by atoms with van der Waals surface area (Å²) < 4.78 is 0. The highest BCUT2D eigenvalue weighted by molar-refractivity contribution is 4.66. The van der Waals surface area contributed by atoms with Crippen LogP contribution >= 0.6 is 0 Å². The SMILES string of the molecule is CC(C)(O)CCNCCCN. The molecule has 0 bridgehead atoms. The van der Waals surface area contributed by atoms with Crippen molar-refractivity contribution in [1.82, 2.24) is 5.32 Å². The Labute approximate surface area is 69.0 Å². The summed E-state index contributed by atoms with van der Waals surface area (Å²) in [6, 6.07) is 0. The van der Waals surface area contributed by atoms with E-state index < -0.39 is 5.60 Å². The molecule has 0 heterocycles. The maximum absolute atomic E-state index is 9.31. The molecular weight excluding hydrogens is 140 g/mol. The van der Waals surface area contributed by atoms with Gasteiger partial charge in [0.15, 0.2) is 0 Å². The lowest BCUT2D eigenvalue weighted by Crippen LogP contribution is -2.27. The first-order valence-electron chi connectivity index (χ1n) is 4.19. The molecule has 68 valence electrons. The summed E-state index contributed by atoms with van der Waals surface area (Å²) in [6.07, 6.45) is 1.80. The Balaban J connectivity index is 3.02. The molecule has 0 unspecified atom stereocenters. The van der Waals surface area contributed by atoms with Gasteiger partial charge in [-0.3, -0.25) is 0 Å². The minimum absolute atomic E-state index is 0.546. The Morgan fingerprint density at radius 3 is 2.45 bits per heavy atom. The molecule has 0 fully saturated rings. The zero-order chi connectivity index (χ0) is 8.74. The van der Waals surface area contributed by atoms with Gasteiger partial charge in [0.2, 0.25) is 0 Å². The molecule has 0 atom stereocenters. The first-order valence-corrected chi connectivity index (χ1v) is 4.19. The van der Waals surface area contributed by atoms with Crippen LogP contribution in [0.4, 0.5) is 0 Å². The number of hydrogen-bond acceptors (Lipinski definition) is 3. The fourth-order valence-electron chi connectivity index (χ4n) is 0.746. The third kappa shape index (κ3) is 9.88. The molecule has 0 aliphatic heterocycles. The molecule has 3 nitrogen and oxygen atoms in total. The van der Waals surface area contributed by atoms with Gasteiger partial charge < -0.3 is 16.2 Å². The maximum atomic E-state index is 9.31. The van der Waals surface area contributed by atoms with Crippen molar-refractivity contribution in [2.45, 2.75) is 32.3 Å². The molecule has 0 radical (unpaired) electrons. The van der Waals surface area contributed by atoms with Crippen LogP contribution < -0.4 is 11.1 Å². The van der Waals surface area contributed by atoms with E-state index in [4.69, 9.17) is 5.73 Å². The van der Waals surface area contributed by atoms with E-state index in [0.717, 1.165) is 32.5 Å². The van der Waals surface area contributed by atoms with Gasteiger partial charge in [0, 0.05) is 0 Å². The monoisotopic (exact) mass is 160 g/mol. The number of rotatable bonds is 6. The van der Waals surface area contributed by atoms with Gasteiger partial charge in [-0.1, -0.05) is 0 Å². The molecule has 0 saturated heterocycles. The van der Waals surface area contributed by atoms with Crippen molar-refractivity contribution in [3.05, 3.63) is 0 Å². The van der Waals surface area contributed by atoms with Crippen molar-refractivity contribution in [3.63, 3.8) is 0 Å². The van der Waals surface area contributed by atoms with Crippen molar-refractivity contribution in [3.8, 4) is 0 Å². The summed E-state index contributed by atoms with van der Waals surface area (Å²) in [5.74, 6) is 0. The van der Waals surface area contributed by atoms with Crippen molar-refractivity contribution in [2.24, 2.45) is 5.73 Å². The van der Waals surface area contributed by atoms with Crippen LogP contribution in [0, 0.1) is 0 Å². The Morgan fingerprint density at radius 2 is 2.00 bits per heavy atom. The molecule has 0 aromatic heterocycles. The van der Waals surface area contributed by atoms with Gasteiger partial charge in [0.05, 0.1) is 5.60 Å². The summed E-state index contributed by atoms with van der Waals surface area (Å²) in [6.45, 7) is 6.18. The third-order valence-electron chi connectivity index (χ3n) is 1.47. The van der Waals surface area contributed by atoms with Gasteiger partial charge >= 0.3 is 0 Å². The Hall–Kier alpha value is -0.120. The van der Waals surface area contributed by atoms with Crippen LogP contribution in [-0.4, -0.2) is 30.3 Å². The van der Waals surface area contributed by atoms with Crippen LogP contribution in [0.25, 0.3) is 0 Å². The fraction of sp³-hybridized carbons (Fsp3) is 1.00. The van der Waals surface area contributed by atoms with Crippen LogP contribution in [0.2, 0.25) is 0 Å². The van der Waals surface area contributed by atoms with Crippen molar-refractivity contribution >= 4 is 0 Å². The Morgan fingerprint density at radius 1 is 1.36 bits per heavy atom. The second-order valence-corrected chi connectivity index (χ2v) is 3.45. The molecule has 0 saturated carbocycles. The topological polar surface area (TPSA) is 58.3 Å². The fourth-order valence-corrected chi connectivity index (χ4v) is 0.746. The number of nitrogens with one attached hydrogen (secondary N) is 1. The second kappa shape index (κ2) is 5.52. The van der Waals surface area contributed by atoms with Gasteiger partial charge in [-0.15, -0.1) is 0 Å². The first kappa shape index (κ1) is 10.9. The second-order valence-electron chi connectivity index (χ2n) is 3.45. The lowest BCUT2D eigenvalue weighted by molar-refractivity contribution is 0.0713. The molecule has 0 aromatic carbocycles. The van der Waals surface area contributed by atoms with E-state index in [1.165, 1.54) is 0 Å². The molecule has 4 N–H and O–H groups in total. The molecule has 0 spiro atoms. The van der Waals surface area contributed by atoms with E-state index in [-0.39, 0.29) is 0 Å². The Bertz CT molecular complexity index is 88.6. The summed E-state index contributed by atoms with van der Waals surface area (Å²) in [5.41, 5.74) is 4.76. The summed E-state index contributed by atoms with van der Waals surface area (Å²) >= 11 is 0. The van der Waals surface area contributed by atoms with Gasteiger partial charge in [-0.25, -0.2) is 0 Å². The maximum Gasteiger partial charge on any atom is 0.0603 e. The normalized spacial score (nSPS) is 12.0. The van der Waals surface area contributed by atoms with Crippen LogP contribution in [0.5, 0.6) is 0 Å². The summed E-state index contributed by atoms with van der Waals surface area (Å²) in [5, 5.41) is 12.5. The zero-order valence-corrected chi connectivity index (χ0v) is 7.56. The van der Waals surface area contributed by atoms with E-state index in [1.54, 1.807) is 0 Å². The van der Waals surface area contributed by atoms with E-state index in [9.17, 15) is 5.11 Å². The van der Waals surface area contributed by atoms with Gasteiger partial charge in [-0.2, -0.15) is 0 Å². The summed E-state index contributed by atoms with van der Waals surface area (Å²) in [4.78, 5) is 0. The lowest BCUT2D eigenvalue weighted by Gasteiger charge is -2.16. The van der Waals surface area contributed by atoms with Crippen molar-refractivity contribution in [2.75, 3.05) is 19.6 Å². The average Bonchev–Trinajstić information content (AvgIpc) is 1.85. The quantitative estimate of drug-likeness (QED) is 0.482. The highest BCUT2D eigenvalue weighted by atomic mass is 16.3. The van der Waals surface area contributed by atoms with Crippen molar-refractivity contribution < 1.29 is 5.11 Å². The molecule has 0 amide bonds. The minimum Gasteiger partial charge on any atom is -0.390 e. The smallest absolute Gasteiger partial charge is 0.0603 e. The van der Waals surface area contributed by atoms with E-state index >= 15 is 0 Å².